The lowest BCUT2D eigenvalue weighted by Gasteiger charge is -2.44. The molecule has 0 spiro atoms. The first-order chi connectivity index (χ1) is 26.9. The summed E-state index contributed by atoms with van der Waals surface area (Å²) in [6.45, 7) is 9.68. The van der Waals surface area contributed by atoms with E-state index in [0.29, 0.717) is 5.56 Å². The van der Waals surface area contributed by atoms with Gasteiger partial charge in [0.15, 0.2) is 0 Å². The number of hydrogen-bond acceptors (Lipinski definition) is 10. The number of aliphatic hydroxyl groups is 1. The smallest absolute Gasteiger partial charge is 0.351 e. The SMILES string of the molecule is C1CCC2=NCCCN2CC1.CC(C)(C)[Si](OC[C@H]1O[C@@H](n2ccc(NC(=O)c3ccccc3)nc2=O)C[C@@]1(O)O[PH](=O)O)(c1ccccc1)c1ccccc1. The maximum Gasteiger partial charge on any atom is 0.351 e. The number of aromatic nitrogens is 2. The molecule has 13 nitrogen and oxygen atoms in total. The van der Waals surface area contributed by atoms with Gasteiger partial charge in [-0.05, 0) is 52.9 Å². The quantitative estimate of drug-likeness (QED) is 0.112. The minimum Gasteiger partial charge on any atom is -0.405 e. The van der Waals surface area contributed by atoms with Crippen molar-refractivity contribution >= 4 is 44.5 Å². The molecule has 3 aromatic carbocycles. The van der Waals surface area contributed by atoms with Crippen molar-refractivity contribution < 1.29 is 33.0 Å². The Morgan fingerprint density at radius 3 is 2.18 bits per heavy atom. The van der Waals surface area contributed by atoms with E-state index in [1.807, 2.05) is 60.7 Å². The van der Waals surface area contributed by atoms with E-state index in [2.05, 4.69) is 41.0 Å². The Balaban J connectivity index is 0.000000411. The number of fused-ring (bicyclic) bond motifs is 1. The van der Waals surface area contributed by atoms with Crippen LogP contribution in [0.4, 0.5) is 5.82 Å². The molecule has 15 heteroatoms. The minimum atomic E-state index is -3.63. The molecular weight excluding hydrogens is 750 g/mol. The monoisotopic (exact) mass is 801 g/mol. The molecule has 0 aliphatic carbocycles. The number of amides is 1. The highest BCUT2D eigenvalue weighted by Gasteiger charge is 2.55. The van der Waals surface area contributed by atoms with Crippen LogP contribution in [0.3, 0.4) is 0 Å². The van der Waals surface area contributed by atoms with Crippen LogP contribution in [0.2, 0.25) is 5.04 Å². The number of aliphatic imine (C=N–C) groups is 1. The lowest BCUT2D eigenvalue weighted by molar-refractivity contribution is -0.183. The van der Waals surface area contributed by atoms with Crippen molar-refractivity contribution in [2.75, 3.05) is 31.6 Å². The van der Waals surface area contributed by atoms with Crippen LogP contribution in [0.15, 0.2) is 113 Å². The van der Waals surface area contributed by atoms with Crippen LogP contribution in [0, 0.1) is 0 Å². The van der Waals surface area contributed by atoms with E-state index in [-0.39, 0.29) is 18.8 Å². The lowest BCUT2D eigenvalue weighted by atomic mass is 10.1. The van der Waals surface area contributed by atoms with Crippen LogP contribution < -0.4 is 21.4 Å². The van der Waals surface area contributed by atoms with Crippen molar-refractivity contribution in [2.45, 2.75) is 82.5 Å². The fraction of sp³-hybridized carbons (Fsp3) is 0.415. The molecule has 56 heavy (non-hydrogen) atoms. The van der Waals surface area contributed by atoms with Crippen molar-refractivity contribution in [2.24, 2.45) is 4.99 Å². The summed E-state index contributed by atoms with van der Waals surface area (Å²) in [4.78, 5) is 46.3. The van der Waals surface area contributed by atoms with Gasteiger partial charge >= 0.3 is 13.9 Å². The fourth-order valence-corrected chi connectivity index (χ4v) is 12.8. The van der Waals surface area contributed by atoms with Gasteiger partial charge in [0.05, 0.1) is 18.9 Å². The van der Waals surface area contributed by atoms with Crippen LogP contribution in [-0.4, -0.2) is 82.6 Å². The third kappa shape index (κ3) is 9.63. The summed E-state index contributed by atoms with van der Waals surface area (Å²) in [7, 11) is -6.71. The van der Waals surface area contributed by atoms with Gasteiger partial charge in [0.1, 0.15) is 18.1 Å². The molecule has 4 atom stereocenters. The predicted octanol–water partition coefficient (Wildman–Crippen LogP) is 5.11. The summed E-state index contributed by atoms with van der Waals surface area (Å²) in [6.07, 6.45) is 5.30. The highest BCUT2D eigenvalue weighted by atomic mass is 31.1. The van der Waals surface area contributed by atoms with Gasteiger partial charge in [0.2, 0.25) is 5.79 Å². The molecule has 2 fully saturated rings. The van der Waals surface area contributed by atoms with Crippen molar-refractivity contribution in [1.29, 1.82) is 0 Å². The highest BCUT2D eigenvalue weighted by molar-refractivity contribution is 7.32. The standard InChI is InChI=1S/C32H36N3O8PSi.C9H16N2/c1-31(2,3)45(24-15-9-5-10-16-24,25-17-11-6-12-18-25)41-22-26-32(38,43-44(39)40)21-28(42-26)35-20-19-27(34-30(35)37)33-29(36)23-13-7-4-8-14-23;1-2-5-9-10-6-4-8-11(9)7-3-1/h4-20,26,28,38,44H,21-22H2,1-3H3,(H,39,40)(H,33,34,36,37);1-8H2/t26-,28-,32-;/m1./s1. The normalized spacial score (nSPS) is 21.8. The Labute approximate surface area is 329 Å². The summed E-state index contributed by atoms with van der Waals surface area (Å²) in [5.74, 6) is -1.26. The number of anilines is 1. The second-order valence-electron chi connectivity index (χ2n) is 15.2. The Bertz CT molecular complexity index is 1990. The van der Waals surface area contributed by atoms with Gasteiger partial charge in [-0.1, -0.05) is 106 Å². The van der Waals surface area contributed by atoms with E-state index >= 15 is 0 Å². The largest absolute Gasteiger partial charge is 0.405 e. The zero-order chi connectivity index (χ0) is 39.8. The highest BCUT2D eigenvalue weighted by Crippen LogP contribution is 2.43. The Morgan fingerprint density at radius 2 is 1.57 bits per heavy atom. The van der Waals surface area contributed by atoms with E-state index in [0.717, 1.165) is 21.5 Å². The number of carbonyl (C=O) groups excluding carboxylic acids is 1. The molecule has 4 aromatic rings. The second kappa shape index (κ2) is 18.3. The first kappa shape index (κ1) is 41.4. The van der Waals surface area contributed by atoms with Gasteiger partial charge in [-0.25, -0.2) is 4.79 Å². The molecule has 3 aliphatic heterocycles. The van der Waals surface area contributed by atoms with Gasteiger partial charge < -0.3 is 29.4 Å². The van der Waals surface area contributed by atoms with Gasteiger partial charge in [-0.3, -0.25) is 23.4 Å². The van der Waals surface area contributed by atoms with Crippen LogP contribution in [0.25, 0.3) is 0 Å². The maximum absolute atomic E-state index is 13.1. The molecule has 3 N–H and O–H groups in total. The summed E-state index contributed by atoms with van der Waals surface area (Å²) in [6, 6.07) is 29.6. The first-order valence-corrected chi connectivity index (χ1v) is 22.4. The number of hydrogen-bond donors (Lipinski definition) is 3. The molecule has 1 amide bonds. The average molecular weight is 802 g/mol. The molecule has 4 heterocycles. The van der Waals surface area contributed by atoms with Crippen LogP contribution in [-0.2, 0) is 18.3 Å². The third-order valence-electron chi connectivity index (χ3n) is 10.4. The van der Waals surface area contributed by atoms with Crippen molar-refractivity contribution in [3.05, 3.63) is 119 Å². The van der Waals surface area contributed by atoms with E-state index in [4.69, 9.17) is 13.7 Å². The molecule has 0 radical (unpaired) electrons. The molecule has 2 saturated heterocycles. The molecule has 7 rings (SSSR count). The van der Waals surface area contributed by atoms with Gasteiger partial charge in [0, 0.05) is 37.8 Å². The number of rotatable bonds is 10. The zero-order valence-corrected chi connectivity index (χ0v) is 34.2. The van der Waals surface area contributed by atoms with Gasteiger partial charge in [0.25, 0.3) is 14.2 Å². The Kier molecular flexibility index (Phi) is 13.5. The van der Waals surface area contributed by atoms with Crippen LogP contribution in [0.5, 0.6) is 0 Å². The second-order valence-corrected chi connectivity index (χ2v) is 20.3. The predicted molar refractivity (Wildman–Crippen MR) is 219 cm³/mol. The molecular formula is C41H52N5O8PSi. The summed E-state index contributed by atoms with van der Waals surface area (Å²) in [5.41, 5.74) is -0.369. The summed E-state index contributed by atoms with van der Waals surface area (Å²) >= 11 is 0. The van der Waals surface area contributed by atoms with Crippen molar-refractivity contribution in [1.82, 2.24) is 14.5 Å². The van der Waals surface area contributed by atoms with Gasteiger partial charge in [-0.2, -0.15) is 4.98 Å². The van der Waals surface area contributed by atoms with Gasteiger partial charge in [-0.15, -0.1) is 0 Å². The molecule has 0 saturated carbocycles. The lowest BCUT2D eigenvalue weighted by Crippen LogP contribution is -2.67. The van der Waals surface area contributed by atoms with E-state index in [1.54, 1.807) is 30.3 Å². The maximum atomic E-state index is 13.1. The van der Waals surface area contributed by atoms with E-state index < -0.39 is 51.3 Å². The molecule has 0 bridgehead atoms. The summed E-state index contributed by atoms with van der Waals surface area (Å²) < 4.78 is 31.2. The minimum absolute atomic E-state index is 0.0293. The van der Waals surface area contributed by atoms with Crippen LogP contribution >= 0.6 is 8.25 Å². The molecule has 298 valence electrons. The molecule has 1 unspecified atom stereocenters. The third-order valence-corrected chi connectivity index (χ3v) is 15.9. The first-order valence-electron chi connectivity index (χ1n) is 19.2. The van der Waals surface area contributed by atoms with E-state index in [1.165, 1.54) is 63.3 Å². The van der Waals surface area contributed by atoms with Crippen molar-refractivity contribution in [3.63, 3.8) is 0 Å². The number of nitrogens with zero attached hydrogens (tertiary/aromatic N) is 4. The fourth-order valence-electron chi connectivity index (χ4n) is 7.70. The number of nitrogens with one attached hydrogen (secondary N) is 1. The van der Waals surface area contributed by atoms with Crippen molar-refractivity contribution in [3.8, 4) is 0 Å². The number of amidine groups is 1. The number of benzene rings is 3. The number of ether oxygens (including phenoxy) is 1. The average Bonchev–Trinajstić information content (AvgIpc) is 3.33. The Hall–Kier alpha value is -4.27. The van der Waals surface area contributed by atoms with Crippen LogP contribution in [0.1, 0.15) is 75.9 Å². The Morgan fingerprint density at radius 1 is 0.946 bits per heavy atom. The zero-order valence-electron chi connectivity index (χ0n) is 32.2. The number of carbonyl (C=O) groups is 1. The molecule has 3 aliphatic rings. The molecule has 1 aromatic heterocycles. The summed E-state index contributed by atoms with van der Waals surface area (Å²) in [5, 5.41) is 15.7. The topological polar surface area (TPSA) is 165 Å². The van der Waals surface area contributed by atoms with E-state index in [9.17, 15) is 24.2 Å².